The van der Waals surface area contributed by atoms with E-state index in [2.05, 4.69) is 4.98 Å². The lowest BCUT2D eigenvalue weighted by Crippen LogP contribution is -2.40. The Labute approximate surface area is 151 Å². The van der Waals surface area contributed by atoms with Crippen molar-refractivity contribution in [3.63, 3.8) is 0 Å². The van der Waals surface area contributed by atoms with Crippen LogP contribution in [0.3, 0.4) is 0 Å². The van der Waals surface area contributed by atoms with Crippen molar-refractivity contribution in [3.8, 4) is 11.4 Å². The zero-order valence-electron chi connectivity index (χ0n) is 14.5. The number of rotatable bonds is 3. The number of ketones is 1. The maximum Gasteiger partial charge on any atom is 0.255 e. The summed E-state index contributed by atoms with van der Waals surface area (Å²) in [7, 11) is 0. The fourth-order valence-electron chi connectivity index (χ4n) is 3.26. The SMILES string of the molecule is CC(=O)c1cc2ccccn2c1-c1ccc(C(=O)N2CCOCC2)cn1. The lowest BCUT2D eigenvalue weighted by Gasteiger charge is -2.26. The first kappa shape index (κ1) is 16.5. The summed E-state index contributed by atoms with van der Waals surface area (Å²) >= 11 is 0. The molecule has 0 saturated carbocycles. The highest BCUT2D eigenvalue weighted by Gasteiger charge is 2.20. The predicted octanol–water partition coefficient (Wildman–Crippen LogP) is 2.68. The Hall–Kier alpha value is -2.99. The number of nitrogens with zero attached hydrogens (tertiary/aromatic N) is 3. The van der Waals surface area contributed by atoms with Gasteiger partial charge >= 0.3 is 0 Å². The van der Waals surface area contributed by atoms with E-state index in [0.29, 0.717) is 43.1 Å². The van der Waals surface area contributed by atoms with Crippen LogP contribution in [0.2, 0.25) is 0 Å². The van der Waals surface area contributed by atoms with Crippen LogP contribution in [-0.4, -0.2) is 52.3 Å². The van der Waals surface area contributed by atoms with Crippen LogP contribution in [0.4, 0.5) is 0 Å². The molecule has 0 spiro atoms. The largest absolute Gasteiger partial charge is 0.378 e. The minimum absolute atomic E-state index is 0.0148. The smallest absolute Gasteiger partial charge is 0.255 e. The molecule has 0 bridgehead atoms. The molecule has 0 aromatic carbocycles. The molecule has 1 aliphatic heterocycles. The highest BCUT2D eigenvalue weighted by molar-refractivity contribution is 6.02. The van der Waals surface area contributed by atoms with Gasteiger partial charge in [0.15, 0.2) is 5.78 Å². The average molecular weight is 349 g/mol. The van der Waals surface area contributed by atoms with Gasteiger partial charge in [-0.05, 0) is 37.3 Å². The standard InChI is InChI=1S/C20H19N3O3/c1-14(24)17-12-16-4-2-3-7-23(16)19(17)18-6-5-15(13-21-18)20(25)22-8-10-26-11-9-22/h2-7,12-13H,8-11H2,1H3. The zero-order valence-corrected chi connectivity index (χ0v) is 14.5. The second-order valence-electron chi connectivity index (χ2n) is 6.29. The van der Waals surface area contributed by atoms with Crippen LogP contribution in [0.25, 0.3) is 16.9 Å². The molecule has 0 unspecified atom stereocenters. The van der Waals surface area contributed by atoms with Crippen LogP contribution < -0.4 is 0 Å². The summed E-state index contributed by atoms with van der Waals surface area (Å²) in [6, 6.07) is 11.2. The lowest BCUT2D eigenvalue weighted by atomic mass is 10.1. The monoisotopic (exact) mass is 349 g/mol. The van der Waals surface area contributed by atoms with Crippen LogP contribution >= 0.6 is 0 Å². The van der Waals surface area contributed by atoms with E-state index in [1.165, 1.54) is 0 Å². The topological polar surface area (TPSA) is 63.9 Å². The van der Waals surface area contributed by atoms with Gasteiger partial charge in [0.05, 0.1) is 30.2 Å². The van der Waals surface area contributed by atoms with Crippen LogP contribution in [0.1, 0.15) is 27.6 Å². The third-order valence-electron chi connectivity index (χ3n) is 4.61. The van der Waals surface area contributed by atoms with Crippen molar-refractivity contribution in [2.75, 3.05) is 26.3 Å². The second-order valence-corrected chi connectivity index (χ2v) is 6.29. The summed E-state index contributed by atoms with van der Waals surface area (Å²) in [6.07, 6.45) is 3.49. The molecule has 1 amide bonds. The molecule has 6 heteroatoms. The zero-order chi connectivity index (χ0) is 18.1. The lowest BCUT2D eigenvalue weighted by molar-refractivity contribution is 0.0302. The number of carbonyl (C=O) groups is 2. The summed E-state index contributed by atoms with van der Waals surface area (Å²) < 4.78 is 7.23. The van der Waals surface area contributed by atoms with E-state index >= 15 is 0 Å². The molecule has 1 aliphatic rings. The Morgan fingerprint density at radius 1 is 1.12 bits per heavy atom. The molecule has 4 rings (SSSR count). The third-order valence-corrected chi connectivity index (χ3v) is 4.61. The number of carbonyl (C=O) groups excluding carboxylic acids is 2. The molecule has 26 heavy (non-hydrogen) atoms. The summed E-state index contributed by atoms with van der Waals surface area (Å²) in [5.41, 5.74) is 3.51. The maximum absolute atomic E-state index is 12.6. The van der Waals surface area contributed by atoms with E-state index in [1.807, 2.05) is 34.9 Å². The summed E-state index contributed by atoms with van der Waals surface area (Å²) in [6.45, 7) is 3.87. The van der Waals surface area contributed by atoms with Gasteiger partial charge in [-0.25, -0.2) is 0 Å². The second kappa shape index (κ2) is 6.72. The summed E-state index contributed by atoms with van der Waals surface area (Å²) in [5, 5.41) is 0. The minimum atomic E-state index is -0.0424. The van der Waals surface area contributed by atoms with Crippen molar-refractivity contribution in [2.24, 2.45) is 0 Å². The predicted molar refractivity (Wildman–Crippen MR) is 97.4 cm³/mol. The quantitative estimate of drug-likeness (QED) is 0.682. The molecule has 1 saturated heterocycles. The Balaban J connectivity index is 1.71. The number of ether oxygens (including phenoxy) is 1. The number of hydrogen-bond acceptors (Lipinski definition) is 4. The number of amides is 1. The van der Waals surface area contributed by atoms with E-state index < -0.39 is 0 Å². The number of fused-ring (bicyclic) bond motifs is 1. The Bertz CT molecular complexity index is 970. The first-order chi connectivity index (χ1) is 12.6. The number of Topliss-reactive ketones (excluding diaryl/α,β-unsaturated/α-hetero) is 1. The summed E-state index contributed by atoms with van der Waals surface area (Å²) in [4.78, 5) is 30.9. The van der Waals surface area contributed by atoms with Gasteiger partial charge in [-0.15, -0.1) is 0 Å². The van der Waals surface area contributed by atoms with Gasteiger partial charge in [-0.2, -0.15) is 0 Å². The molecule has 1 fully saturated rings. The molecule has 3 aromatic rings. The molecule has 0 atom stereocenters. The molecule has 0 radical (unpaired) electrons. The first-order valence-corrected chi connectivity index (χ1v) is 8.59. The molecule has 3 aromatic heterocycles. The highest BCUT2D eigenvalue weighted by atomic mass is 16.5. The number of pyridine rings is 2. The number of morpholine rings is 1. The summed E-state index contributed by atoms with van der Waals surface area (Å²) in [5.74, 6) is -0.0573. The molecule has 4 heterocycles. The van der Waals surface area contributed by atoms with E-state index in [0.717, 1.165) is 11.2 Å². The normalized spacial score (nSPS) is 14.6. The molecule has 132 valence electrons. The van der Waals surface area contributed by atoms with Gasteiger partial charge in [0, 0.05) is 36.6 Å². The van der Waals surface area contributed by atoms with E-state index in [9.17, 15) is 9.59 Å². The van der Waals surface area contributed by atoms with Crippen molar-refractivity contribution in [3.05, 3.63) is 59.9 Å². The highest BCUT2D eigenvalue weighted by Crippen LogP contribution is 2.27. The molecular formula is C20H19N3O3. The van der Waals surface area contributed by atoms with Gasteiger partial charge in [0.25, 0.3) is 5.91 Å². The Kier molecular flexibility index (Phi) is 4.26. The van der Waals surface area contributed by atoms with Crippen molar-refractivity contribution in [1.82, 2.24) is 14.3 Å². The van der Waals surface area contributed by atoms with Crippen molar-refractivity contribution in [1.29, 1.82) is 0 Å². The minimum Gasteiger partial charge on any atom is -0.378 e. The molecular weight excluding hydrogens is 330 g/mol. The Morgan fingerprint density at radius 3 is 2.62 bits per heavy atom. The van der Waals surface area contributed by atoms with E-state index in [-0.39, 0.29) is 11.7 Å². The fraction of sp³-hybridized carbons (Fsp3) is 0.250. The number of hydrogen-bond donors (Lipinski definition) is 0. The van der Waals surface area contributed by atoms with Crippen LogP contribution in [0.5, 0.6) is 0 Å². The Morgan fingerprint density at radius 2 is 1.92 bits per heavy atom. The van der Waals surface area contributed by atoms with E-state index in [1.54, 1.807) is 30.2 Å². The first-order valence-electron chi connectivity index (χ1n) is 8.59. The van der Waals surface area contributed by atoms with Gasteiger partial charge < -0.3 is 14.0 Å². The number of aromatic nitrogens is 2. The van der Waals surface area contributed by atoms with Crippen molar-refractivity contribution < 1.29 is 14.3 Å². The maximum atomic E-state index is 12.6. The van der Waals surface area contributed by atoms with Crippen molar-refractivity contribution in [2.45, 2.75) is 6.92 Å². The molecule has 0 aliphatic carbocycles. The average Bonchev–Trinajstić information content (AvgIpc) is 3.08. The van der Waals surface area contributed by atoms with E-state index in [4.69, 9.17) is 4.74 Å². The van der Waals surface area contributed by atoms with Crippen LogP contribution in [0, 0.1) is 0 Å². The van der Waals surface area contributed by atoms with Gasteiger partial charge in [0.1, 0.15) is 0 Å². The van der Waals surface area contributed by atoms with Crippen LogP contribution in [0.15, 0.2) is 48.8 Å². The van der Waals surface area contributed by atoms with Gasteiger partial charge in [-0.3, -0.25) is 14.6 Å². The molecule has 6 nitrogen and oxygen atoms in total. The third kappa shape index (κ3) is 2.88. The fourth-order valence-corrected chi connectivity index (χ4v) is 3.26. The van der Waals surface area contributed by atoms with Gasteiger partial charge in [0.2, 0.25) is 0 Å². The van der Waals surface area contributed by atoms with Crippen LogP contribution in [-0.2, 0) is 4.74 Å². The van der Waals surface area contributed by atoms with Crippen molar-refractivity contribution >= 4 is 17.2 Å². The molecule has 0 N–H and O–H groups in total. The van der Waals surface area contributed by atoms with Gasteiger partial charge in [-0.1, -0.05) is 6.07 Å².